The normalized spacial score (nSPS) is 12.9. The predicted molar refractivity (Wildman–Crippen MR) is 103 cm³/mol. The lowest BCUT2D eigenvalue weighted by Gasteiger charge is -2.23. The molecule has 0 bridgehead atoms. The number of hydrogen-bond donors (Lipinski definition) is 2. The highest BCUT2D eigenvalue weighted by Gasteiger charge is 2.28. The highest BCUT2D eigenvalue weighted by Crippen LogP contribution is 2.16. The molecule has 0 aliphatic rings. The van der Waals surface area contributed by atoms with Crippen LogP contribution in [-0.4, -0.2) is 32.7 Å². The Labute approximate surface area is 158 Å². The Bertz CT molecular complexity index is 915. The van der Waals surface area contributed by atoms with E-state index in [1.807, 2.05) is 60.0 Å². The standard InChI is InChI=1S/C20H25N5O2/c1-14-9-10-17-23-24-18(25(17)11-14)16(22-19(26)20(2,3)21)13-27-12-15-7-5-4-6-8-15/h4-11,16H,12-13,21H2,1-3H3,(H,22,26)/t16-/m1/s1. The number of carbonyl (C=O) groups excluding carboxylic acids is 1. The summed E-state index contributed by atoms with van der Waals surface area (Å²) in [4.78, 5) is 12.5. The molecule has 0 unspecified atom stereocenters. The van der Waals surface area contributed by atoms with Crippen molar-refractivity contribution < 1.29 is 9.53 Å². The van der Waals surface area contributed by atoms with Gasteiger partial charge < -0.3 is 15.8 Å². The number of rotatable bonds is 7. The van der Waals surface area contributed by atoms with Crippen LogP contribution in [0, 0.1) is 6.92 Å². The van der Waals surface area contributed by atoms with E-state index in [4.69, 9.17) is 10.5 Å². The molecule has 3 rings (SSSR count). The molecule has 0 aliphatic heterocycles. The van der Waals surface area contributed by atoms with Crippen LogP contribution >= 0.6 is 0 Å². The summed E-state index contributed by atoms with van der Waals surface area (Å²) >= 11 is 0. The number of pyridine rings is 1. The van der Waals surface area contributed by atoms with Crippen LogP contribution in [0.3, 0.4) is 0 Å². The lowest BCUT2D eigenvalue weighted by Crippen LogP contribution is -2.50. The van der Waals surface area contributed by atoms with Crippen molar-refractivity contribution in [1.82, 2.24) is 19.9 Å². The third kappa shape index (κ3) is 4.69. The Morgan fingerprint density at radius 2 is 1.96 bits per heavy atom. The average Bonchev–Trinajstić information content (AvgIpc) is 3.03. The SMILES string of the molecule is Cc1ccc2nnc([C@@H](COCc3ccccc3)NC(=O)C(C)(C)N)n2c1. The van der Waals surface area contributed by atoms with E-state index in [1.54, 1.807) is 13.8 Å². The third-order valence-electron chi connectivity index (χ3n) is 4.17. The largest absolute Gasteiger partial charge is 0.374 e. The summed E-state index contributed by atoms with van der Waals surface area (Å²) in [7, 11) is 0. The first-order valence-corrected chi connectivity index (χ1v) is 8.87. The molecule has 1 amide bonds. The van der Waals surface area contributed by atoms with Gasteiger partial charge >= 0.3 is 0 Å². The van der Waals surface area contributed by atoms with Crippen molar-refractivity contribution in [2.24, 2.45) is 5.73 Å². The van der Waals surface area contributed by atoms with E-state index in [0.717, 1.165) is 11.1 Å². The highest BCUT2D eigenvalue weighted by molar-refractivity contribution is 5.85. The monoisotopic (exact) mass is 367 g/mol. The van der Waals surface area contributed by atoms with Crippen LogP contribution in [0.4, 0.5) is 0 Å². The molecule has 0 fully saturated rings. The highest BCUT2D eigenvalue weighted by atomic mass is 16.5. The molecule has 3 N–H and O–H groups in total. The van der Waals surface area contributed by atoms with Gasteiger partial charge in [-0.15, -0.1) is 10.2 Å². The topological polar surface area (TPSA) is 94.5 Å². The van der Waals surface area contributed by atoms with Gasteiger partial charge in [0.1, 0.15) is 6.04 Å². The van der Waals surface area contributed by atoms with Crippen LogP contribution in [0.1, 0.15) is 36.8 Å². The number of carbonyl (C=O) groups is 1. The van der Waals surface area contributed by atoms with E-state index < -0.39 is 11.6 Å². The summed E-state index contributed by atoms with van der Waals surface area (Å²) in [5.74, 6) is 0.333. The van der Waals surface area contributed by atoms with E-state index in [0.29, 0.717) is 18.1 Å². The third-order valence-corrected chi connectivity index (χ3v) is 4.17. The van der Waals surface area contributed by atoms with Crippen LogP contribution < -0.4 is 11.1 Å². The second-order valence-electron chi connectivity index (χ2n) is 7.24. The zero-order chi connectivity index (χ0) is 19.4. The number of nitrogens with one attached hydrogen (secondary N) is 1. The molecule has 0 radical (unpaired) electrons. The molecule has 3 aromatic rings. The quantitative estimate of drug-likeness (QED) is 0.667. The van der Waals surface area contributed by atoms with Crippen molar-refractivity contribution in [3.05, 3.63) is 65.6 Å². The van der Waals surface area contributed by atoms with Crippen molar-refractivity contribution >= 4 is 11.6 Å². The minimum absolute atomic E-state index is 0.255. The van der Waals surface area contributed by atoms with Crippen LogP contribution in [-0.2, 0) is 16.1 Å². The maximum atomic E-state index is 12.5. The number of hydrogen-bond acceptors (Lipinski definition) is 5. The Balaban J connectivity index is 1.82. The van der Waals surface area contributed by atoms with E-state index >= 15 is 0 Å². The fraction of sp³-hybridized carbons (Fsp3) is 0.350. The maximum absolute atomic E-state index is 12.5. The molecular weight excluding hydrogens is 342 g/mol. The fourth-order valence-electron chi connectivity index (χ4n) is 2.65. The Kier molecular flexibility index (Phi) is 5.53. The molecule has 142 valence electrons. The number of nitrogens with zero attached hydrogens (tertiary/aromatic N) is 3. The minimum atomic E-state index is -1.01. The summed E-state index contributed by atoms with van der Waals surface area (Å²) in [6, 6.07) is 13.3. The number of ether oxygens (including phenoxy) is 1. The molecule has 7 heteroatoms. The number of nitrogens with two attached hydrogens (primary N) is 1. The first-order valence-electron chi connectivity index (χ1n) is 8.87. The second kappa shape index (κ2) is 7.85. The van der Waals surface area contributed by atoms with Gasteiger partial charge in [0.15, 0.2) is 11.5 Å². The van der Waals surface area contributed by atoms with Crippen LogP contribution in [0.2, 0.25) is 0 Å². The summed E-state index contributed by atoms with van der Waals surface area (Å²) in [5.41, 5.74) is 7.78. The second-order valence-corrected chi connectivity index (χ2v) is 7.24. The van der Waals surface area contributed by atoms with Gasteiger partial charge in [-0.2, -0.15) is 0 Å². The predicted octanol–water partition coefficient (Wildman–Crippen LogP) is 2.15. The van der Waals surface area contributed by atoms with Gasteiger partial charge in [0.05, 0.1) is 18.8 Å². The molecule has 0 saturated heterocycles. The molecular formula is C20H25N5O2. The number of fused-ring (bicyclic) bond motifs is 1. The summed E-state index contributed by atoms with van der Waals surface area (Å²) in [6.45, 7) is 6.01. The summed E-state index contributed by atoms with van der Waals surface area (Å²) in [6.07, 6.45) is 1.94. The summed E-state index contributed by atoms with van der Waals surface area (Å²) < 4.78 is 7.73. The summed E-state index contributed by atoms with van der Waals surface area (Å²) in [5, 5.41) is 11.4. The smallest absolute Gasteiger partial charge is 0.240 e. The minimum Gasteiger partial charge on any atom is -0.374 e. The number of benzene rings is 1. The first kappa shape index (κ1) is 19.0. The number of aromatic nitrogens is 3. The van der Waals surface area contributed by atoms with Crippen LogP contribution in [0.5, 0.6) is 0 Å². The van der Waals surface area contributed by atoms with Crippen molar-refractivity contribution in [2.75, 3.05) is 6.61 Å². The Hall–Kier alpha value is -2.77. The molecule has 0 aliphatic carbocycles. The van der Waals surface area contributed by atoms with Gasteiger partial charge in [0.25, 0.3) is 0 Å². The van der Waals surface area contributed by atoms with Gasteiger partial charge in [-0.1, -0.05) is 36.4 Å². The van der Waals surface area contributed by atoms with Crippen LogP contribution in [0.15, 0.2) is 48.7 Å². The van der Waals surface area contributed by atoms with Crippen molar-refractivity contribution in [1.29, 1.82) is 0 Å². The van der Waals surface area contributed by atoms with E-state index in [1.165, 1.54) is 0 Å². The first-order chi connectivity index (χ1) is 12.8. The lowest BCUT2D eigenvalue weighted by atomic mass is 10.1. The van der Waals surface area contributed by atoms with Gasteiger partial charge in [0.2, 0.25) is 5.91 Å². The maximum Gasteiger partial charge on any atom is 0.240 e. The molecule has 2 heterocycles. The molecule has 27 heavy (non-hydrogen) atoms. The molecule has 2 aromatic heterocycles. The lowest BCUT2D eigenvalue weighted by molar-refractivity contribution is -0.126. The number of aryl methyl sites for hydroxylation is 1. The Morgan fingerprint density at radius 3 is 2.67 bits per heavy atom. The van der Waals surface area contributed by atoms with E-state index in [-0.39, 0.29) is 12.5 Å². The molecule has 1 atom stereocenters. The van der Waals surface area contributed by atoms with Crippen LogP contribution in [0.25, 0.3) is 5.65 Å². The van der Waals surface area contributed by atoms with Gasteiger partial charge in [0, 0.05) is 6.20 Å². The van der Waals surface area contributed by atoms with Gasteiger partial charge in [-0.25, -0.2) is 0 Å². The van der Waals surface area contributed by atoms with Crippen molar-refractivity contribution in [2.45, 2.75) is 39.0 Å². The zero-order valence-electron chi connectivity index (χ0n) is 15.8. The van der Waals surface area contributed by atoms with E-state index in [2.05, 4.69) is 15.5 Å². The van der Waals surface area contributed by atoms with Crippen molar-refractivity contribution in [3.8, 4) is 0 Å². The fourth-order valence-corrected chi connectivity index (χ4v) is 2.65. The van der Waals surface area contributed by atoms with Crippen molar-refractivity contribution in [3.63, 3.8) is 0 Å². The van der Waals surface area contributed by atoms with E-state index in [9.17, 15) is 4.79 Å². The van der Waals surface area contributed by atoms with Gasteiger partial charge in [-0.05, 0) is 38.0 Å². The molecule has 0 spiro atoms. The van der Waals surface area contributed by atoms with Gasteiger partial charge in [-0.3, -0.25) is 9.20 Å². The number of amides is 1. The zero-order valence-corrected chi connectivity index (χ0v) is 15.8. The molecule has 0 saturated carbocycles. The Morgan fingerprint density at radius 1 is 1.22 bits per heavy atom. The molecule has 7 nitrogen and oxygen atoms in total. The molecule has 1 aromatic carbocycles. The average molecular weight is 367 g/mol.